The number of rotatable bonds is 13. The van der Waals surface area contributed by atoms with Crippen LogP contribution in [0.4, 0.5) is 4.79 Å². The zero-order chi connectivity index (χ0) is 33.5. The molecule has 252 valence electrons. The third kappa shape index (κ3) is 10.8. The number of piperidine rings is 1. The summed E-state index contributed by atoms with van der Waals surface area (Å²) in [6.45, 7) is 14.4. The zero-order valence-electron chi connectivity index (χ0n) is 27.7. The predicted molar refractivity (Wildman–Crippen MR) is 167 cm³/mol. The van der Waals surface area contributed by atoms with Crippen LogP contribution in [0.25, 0.3) is 0 Å². The van der Waals surface area contributed by atoms with Gasteiger partial charge in [0.25, 0.3) is 5.91 Å². The number of hydrogen-bond donors (Lipinski definition) is 3. The summed E-state index contributed by atoms with van der Waals surface area (Å²) in [6.07, 6.45) is 6.63. The Balaban J connectivity index is 1.70. The van der Waals surface area contributed by atoms with Crippen molar-refractivity contribution in [3.8, 4) is 0 Å². The first-order chi connectivity index (χ1) is 21.0. The molecule has 2 unspecified atom stereocenters. The van der Waals surface area contributed by atoms with Gasteiger partial charge in [-0.1, -0.05) is 25.3 Å². The smallest absolute Gasteiger partial charge is 0.408 e. The fraction of sp³-hybridized carbons (Fsp3) is 0.758. The molecule has 2 saturated carbocycles. The molecule has 3 rings (SSSR count). The number of nitrogens with zero attached hydrogens (tertiary/aromatic N) is 1. The topological polar surface area (TPSA) is 160 Å². The second-order valence-corrected chi connectivity index (χ2v) is 14.5. The molecule has 1 saturated heterocycles. The van der Waals surface area contributed by atoms with E-state index >= 15 is 0 Å². The number of nitrogens with one attached hydrogen (secondary N) is 3. The number of ketones is 1. The van der Waals surface area contributed by atoms with Crippen molar-refractivity contribution < 1.29 is 38.2 Å². The molecule has 12 nitrogen and oxygen atoms in total. The lowest BCUT2D eigenvalue weighted by molar-refractivity contribution is -0.154. The van der Waals surface area contributed by atoms with Crippen LogP contribution in [0.2, 0.25) is 0 Å². The van der Waals surface area contributed by atoms with Crippen LogP contribution in [0, 0.1) is 17.8 Å². The van der Waals surface area contributed by atoms with E-state index in [2.05, 4.69) is 22.5 Å². The summed E-state index contributed by atoms with van der Waals surface area (Å²) < 4.78 is 10.7. The van der Waals surface area contributed by atoms with Crippen molar-refractivity contribution in [1.29, 1.82) is 0 Å². The monoisotopic (exact) mass is 632 g/mol. The van der Waals surface area contributed by atoms with Crippen molar-refractivity contribution in [2.24, 2.45) is 17.8 Å². The molecular formula is C33H52N4O8. The lowest BCUT2D eigenvalue weighted by Gasteiger charge is -2.36. The van der Waals surface area contributed by atoms with Crippen molar-refractivity contribution >= 4 is 35.6 Å². The van der Waals surface area contributed by atoms with E-state index in [4.69, 9.17) is 9.47 Å². The Labute approximate surface area is 266 Å². The quantitative estimate of drug-likeness (QED) is 0.159. The lowest BCUT2D eigenvalue weighted by Crippen LogP contribution is -2.59. The number of fused-ring (bicyclic) bond motifs is 1. The molecule has 0 aromatic rings. The first-order valence-corrected chi connectivity index (χ1v) is 16.3. The molecule has 1 aliphatic heterocycles. The molecule has 0 radical (unpaired) electrons. The molecule has 5 atom stereocenters. The number of amides is 4. The van der Waals surface area contributed by atoms with Gasteiger partial charge in [0.2, 0.25) is 17.6 Å². The minimum atomic E-state index is -1.14. The van der Waals surface area contributed by atoms with Crippen molar-refractivity contribution in [3.63, 3.8) is 0 Å². The van der Waals surface area contributed by atoms with Gasteiger partial charge in [-0.05, 0) is 91.4 Å². The predicted octanol–water partition coefficient (Wildman–Crippen LogP) is 3.18. The number of allylic oxidation sites excluding steroid dienone is 1. The van der Waals surface area contributed by atoms with Gasteiger partial charge in [-0.15, -0.1) is 6.58 Å². The Morgan fingerprint density at radius 3 is 2.18 bits per heavy atom. The van der Waals surface area contributed by atoms with Gasteiger partial charge in [-0.25, -0.2) is 4.79 Å². The molecule has 3 N–H and O–H groups in total. The maximum atomic E-state index is 14.1. The molecule has 45 heavy (non-hydrogen) atoms. The highest BCUT2D eigenvalue weighted by molar-refractivity contribution is 6.38. The van der Waals surface area contributed by atoms with Crippen LogP contribution < -0.4 is 16.0 Å². The van der Waals surface area contributed by atoms with Gasteiger partial charge >= 0.3 is 12.1 Å². The Kier molecular flexibility index (Phi) is 12.2. The van der Waals surface area contributed by atoms with E-state index in [-0.39, 0.29) is 43.0 Å². The summed E-state index contributed by atoms with van der Waals surface area (Å²) in [7, 11) is 0. The standard InChI is InChI=1S/C33H52N4O8/c1-8-9-15-23(27(39)29(41)34-17-16-24(38)44-32(2,3)4)35-28(40)26-22-18-21(22)19-37(26)30(42)25(20-13-11-10-12-14-20)36-31(43)45-33(5,6)7/h8,20-23,25-26H,1,9-19H2,2-7H3,(H,34,41)(H,35,40)(H,36,43)/t21-,22-,23?,25?,26-/m0/s1. The molecule has 0 aromatic heterocycles. The zero-order valence-corrected chi connectivity index (χ0v) is 27.7. The van der Waals surface area contributed by atoms with E-state index in [9.17, 15) is 28.8 Å². The number of carbonyl (C=O) groups is 6. The van der Waals surface area contributed by atoms with E-state index in [0.29, 0.717) is 13.0 Å². The minimum absolute atomic E-state index is 0.0553. The molecule has 0 spiro atoms. The summed E-state index contributed by atoms with van der Waals surface area (Å²) >= 11 is 0. The van der Waals surface area contributed by atoms with Crippen LogP contribution in [0.1, 0.15) is 99.3 Å². The normalized spacial score (nSPS) is 22.7. The second-order valence-electron chi connectivity index (χ2n) is 14.5. The van der Waals surface area contributed by atoms with Crippen molar-refractivity contribution in [2.75, 3.05) is 13.1 Å². The van der Waals surface area contributed by atoms with Crippen LogP contribution in [-0.2, 0) is 33.4 Å². The molecule has 1 heterocycles. The van der Waals surface area contributed by atoms with Crippen LogP contribution in [-0.4, -0.2) is 82.9 Å². The molecular weight excluding hydrogens is 580 g/mol. The number of likely N-dealkylation sites (tertiary alicyclic amines) is 1. The Bertz CT molecular complexity index is 1130. The highest BCUT2D eigenvalue weighted by atomic mass is 16.6. The molecule has 12 heteroatoms. The van der Waals surface area contributed by atoms with E-state index in [1.54, 1.807) is 52.5 Å². The Morgan fingerprint density at radius 2 is 1.58 bits per heavy atom. The van der Waals surface area contributed by atoms with E-state index in [1.807, 2.05) is 0 Å². The summed E-state index contributed by atoms with van der Waals surface area (Å²) in [5.41, 5.74) is -1.41. The number of carbonyl (C=O) groups excluding carboxylic acids is 6. The number of Topliss-reactive ketones (excluding diaryl/α,β-unsaturated/α-hetero) is 1. The van der Waals surface area contributed by atoms with E-state index in [0.717, 1.165) is 38.5 Å². The van der Waals surface area contributed by atoms with Gasteiger partial charge in [-0.2, -0.15) is 0 Å². The van der Waals surface area contributed by atoms with Gasteiger partial charge in [0.15, 0.2) is 0 Å². The van der Waals surface area contributed by atoms with Gasteiger partial charge in [0.1, 0.15) is 23.3 Å². The molecule has 0 aromatic carbocycles. The minimum Gasteiger partial charge on any atom is -0.460 e. The first-order valence-electron chi connectivity index (χ1n) is 16.3. The largest absolute Gasteiger partial charge is 0.460 e. The molecule has 0 bridgehead atoms. The Morgan fingerprint density at radius 1 is 0.933 bits per heavy atom. The SMILES string of the molecule is C=CCCC(NC(=O)[C@@H]1[C@H]2C[C@H]2CN1C(=O)C(NC(=O)OC(C)(C)C)C1CCCCC1)C(=O)C(=O)NCCC(=O)OC(C)(C)C. The number of hydrogen-bond acceptors (Lipinski definition) is 8. The highest BCUT2D eigenvalue weighted by Gasteiger charge is 2.58. The third-order valence-electron chi connectivity index (χ3n) is 8.31. The number of ether oxygens (including phenoxy) is 2. The maximum absolute atomic E-state index is 14.1. The molecule has 4 amide bonds. The number of esters is 1. The van der Waals surface area contributed by atoms with E-state index in [1.165, 1.54) is 0 Å². The summed E-state index contributed by atoms with van der Waals surface area (Å²) in [6, 6.07) is -2.79. The molecule has 2 aliphatic carbocycles. The maximum Gasteiger partial charge on any atom is 0.408 e. The lowest BCUT2D eigenvalue weighted by atomic mass is 9.83. The third-order valence-corrected chi connectivity index (χ3v) is 8.31. The Hall–Kier alpha value is -3.44. The van der Waals surface area contributed by atoms with Crippen molar-refractivity contribution in [3.05, 3.63) is 12.7 Å². The highest BCUT2D eigenvalue weighted by Crippen LogP contribution is 2.50. The summed E-state index contributed by atoms with van der Waals surface area (Å²) in [4.78, 5) is 80.0. The summed E-state index contributed by atoms with van der Waals surface area (Å²) in [5, 5.41) is 8.00. The van der Waals surface area contributed by atoms with Crippen LogP contribution in [0.15, 0.2) is 12.7 Å². The van der Waals surface area contributed by atoms with Crippen molar-refractivity contribution in [1.82, 2.24) is 20.9 Å². The van der Waals surface area contributed by atoms with Gasteiger partial charge < -0.3 is 30.3 Å². The van der Waals surface area contributed by atoms with Crippen LogP contribution >= 0.6 is 0 Å². The summed E-state index contributed by atoms with van der Waals surface area (Å²) in [5.74, 6) is -3.07. The first kappa shape index (κ1) is 36.0. The fourth-order valence-electron chi connectivity index (χ4n) is 6.22. The second kappa shape index (κ2) is 15.2. The average molecular weight is 633 g/mol. The van der Waals surface area contributed by atoms with Gasteiger partial charge in [0.05, 0.1) is 12.5 Å². The molecule has 3 fully saturated rings. The number of alkyl carbamates (subject to hydrolysis) is 1. The molecule has 3 aliphatic rings. The van der Waals surface area contributed by atoms with E-state index < -0.39 is 59.0 Å². The van der Waals surface area contributed by atoms with Crippen LogP contribution in [0.5, 0.6) is 0 Å². The van der Waals surface area contributed by atoms with Crippen LogP contribution in [0.3, 0.4) is 0 Å². The van der Waals surface area contributed by atoms with Crippen molar-refractivity contribution in [2.45, 2.75) is 129 Å². The fourth-order valence-corrected chi connectivity index (χ4v) is 6.22. The van der Waals surface area contributed by atoms with Gasteiger partial charge in [0, 0.05) is 13.1 Å². The average Bonchev–Trinajstić information content (AvgIpc) is 3.60. The van der Waals surface area contributed by atoms with Gasteiger partial charge in [-0.3, -0.25) is 24.0 Å².